The minimum Gasteiger partial charge on any atom is -0.486 e. The maximum Gasteiger partial charge on any atom is 0.244 e. The first-order valence-electron chi connectivity index (χ1n) is 7.69. The van der Waals surface area contributed by atoms with E-state index in [1.807, 2.05) is 0 Å². The number of benzene rings is 1. The van der Waals surface area contributed by atoms with Crippen LogP contribution >= 0.6 is 12.4 Å². The van der Waals surface area contributed by atoms with Crippen molar-refractivity contribution in [2.45, 2.75) is 23.3 Å². The molecule has 2 aliphatic heterocycles. The van der Waals surface area contributed by atoms with Crippen LogP contribution in [0.5, 0.6) is 11.5 Å². The number of halogens is 1. The molecule has 0 radical (unpaired) electrons. The Hall–Kier alpha value is -1.06. The van der Waals surface area contributed by atoms with Gasteiger partial charge in [0.2, 0.25) is 10.0 Å². The van der Waals surface area contributed by atoms with Crippen molar-refractivity contribution in [2.75, 3.05) is 40.0 Å². The van der Waals surface area contributed by atoms with Crippen LogP contribution in [0.2, 0.25) is 0 Å². The summed E-state index contributed by atoms with van der Waals surface area (Å²) in [6, 6.07) is 4.89. The van der Waals surface area contributed by atoms with Crippen LogP contribution < -0.4 is 19.5 Å². The molecular weight excluding hydrogens is 356 g/mol. The fourth-order valence-electron chi connectivity index (χ4n) is 3.04. The summed E-state index contributed by atoms with van der Waals surface area (Å²) in [5.74, 6) is 0.746. The molecule has 3 rings (SSSR count). The van der Waals surface area contributed by atoms with Crippen LogP contribution in [0.1, 0.15) is 12.8 Å². The van der Waals surface area contributed by atoms with E-state index in [2.05, 4.69) is 10.0 Å². The molecule has 1 saturated heterocycles. The predicted octanol–water partition coefficient (Wildman–Crippen LogP) is 0.926. The van der Waals surface area contributed by atoms with Crippen molar-refractivity contribution in [3.05, 3.63) is 18.2 Å². The van der Waals surface area contributed by atoms with Gasteiger partial charge in [-0.25, -0.2) is 13.1 Å². The molecule has 0 spiro atoms. The third-order valence-corrected chi connectivity index (χ3v) is 5.60. The number of ether oxygens (including phenoxy) is 3. The van der Waals surface area contributed by atoms with Crippen LogP contribution in [0, 0.1) is 0 Å². The second-order valence-corrected chi connectivity index (χ2v) is 7.58. The second-order valence-electron chi connectivity index (χ2n) is 5.85. The lowest BCUT2D eigenvalue weighted by atomic mass is 9.99. The number of nitrogens with one attached hydrogen (secondary N) is 2. The van der Waals surface area contributed by atoms with Crippen molar-refractivity contribution in [1.29, 1.82) is 0 Å². The standard InChI is InChI=1S/C15H22N2O5S.ClH/c1-20-11-15(6-3-7-16-15)10-17-23(18,19)13-5-2-4-12-14(13)22-9-8-21-12;/h2,4-5,16-17H,3,6-11H2,1H3;1H. The Morgan fingerprint density at radius 2 is 2.12 bits per heavy atom. The van der Waals surface area contributed by atoms with Crippen molar-refractivity contribution in [3.63, 3.8) is 0 Å². The number of sulfonamides is 1. The molecule has 7 nitrogen and oxygen atoms in total. The molecule has 0 aromatic heterocycles. The quantitative estimate of drug-likeness (QED) is 0.765. The number of fused-ring (bicyclic) bond motifs is 1. The van der Waals surface area contributed by atoms with Gasteiger partial charge in [0.25, 0.3) is 0 Å². The van der Waals surface area contributed by atoms with E-state index in [-0.39, 0.29) is 35.1 Å². The lowest BCUT2D eigenvalue weighted by molar-refractivity contribution is 0.122. The van der Waals surface area contributed by atoms with Crippen LogP contribution in [0.15, 0.2) is 23.1 Å². The number of hydrogen-bond donors (Lipinski definition) is 2. The van der Waals surface area contributed by atoms with Crippen LogP contribution in [0.4, 0.5) is 0 Å². The molecule has 0 amide bonds. The Morgan fingerprint density at radius 1 is 1.33 bits per heavy atom. The van der Waals surface area contributed by atoms with Gasteiger partial charge in [-0.3, -0.25) is 0 Å². The number of methoxy groups -OCH3 is 1. The molecule has 1 fully saturated rings. The normalized spacial score (nSPS) is 22.9. The van der Waals surface area contributed by atoms with Gasteiger partial charge in [0, 0.05) is 13.7 Å². The topological polar surface area (TPSA) is 85.9 Å². The lowest BCUT2D eigenvalue weighted by Gasteiger charge is -2.29. The maximum atomic E-state index is 12.7. The van der Waals surface area contributed by atoms with Gasteiger partial charge in [0.05, 0.1) is 12.1 Å². The molecule has 0 bridgehead atoms. The van der Waals surface area contributed by atoms with E-state index >= 15 is 0 Å². The van der Waals surface area contributed by atoms with Gasteiger partial charge in [-0.1, -0.05) is 6.07 Å². The van der Waals surface area contributed by atoms with Crippen molar-refractivity contribution in [2.24, 2.45) is 0 Å². The van der Waals surface area contributed by atoms with Gasteiger partial charge in [-0.2, -0.15) is 0 Å². The first-order chi connectivity index (χ1) is 11.1. The van der Waals surface area contributed by atoms with Gasteiger partial charge in [0.1, 0.15) is 18.1 Å². The van der Waals surface area contributed by atoms with Crippen LogP contribution in [-0.2, 0) is 14.8 Å². The molecule has 2 aliphatic rings. The van der Waals surface area contributed by atoms with Gasteiger partial charge in [-0.15, -0.1) is 12.4 Å². The Balaban J connectivity index is 0.00000208. The van der Waals surface area contributed by atoms with Gasteiger partial charge < -0.3 is 19.5 Å². The second kappa shape index (κ2) is 7.88. The monoisotopic (exact) mass is 378 g/mol. The summed E-state index contributed by atoms with van der Waals surface area (Å²) in [4.78, 5) is 0.111. The maximum absolute atomic E-state index is 12.7. The lowest BCUT2D eigenvalue weighted by Crippen LogP contribution is -2.52. The van der Waals surface area contributed by atoms with Crippen molar-refractivity contribution in [1.82, 2.24) is 10.0 Å². The summed E-state index contributed by atoms with van der Waals surface area (Å²) in [5, 5.41) is 3.35. The number of hydrogen-bond acceptors (Lipinski definition) is 6. The zero-order valence-electron chi connectivity index (χ0n) is 13.5. The van der Waals surface area contributed by atoms with Crippen molar-refractivity contribution >= 4 is 22.4 Å². The largest absolute Gasteiger partial charge is 0.486 e. The zero-order valence-corrected chi connectivity index (χ0v) is 15.2. The molecule has 0 saturated carbocycles. The minimum absolute atomic E-state index is 0. The third kappa shape index (κ3) is 3.94. The van der Waals surface area contributed by atoms with Crippen LogP contribution in [-0.4, -0.2) is 54.0 Å². The molecule has 9 heteroatoms. The van der Waals surface area contributed by atoms with E-state index in [4.69, 9.17) is 14.2 Å². The van der Waals surface area contributed by atoms with Crippen LogP contribution in [0.25, 0.3) is 0 Å². The first kappa shape index (κ1) is 19.3. The highest BCUT2D eigenvalue weighted by atomic mass is 35.5. The summed E-state index contributed by atoms with van der Waals surface area (Å²) in [5.41, 5.74) is -0.353. The highest BCUT2D eigenvalue weighted by Crippen LogP contribution is 2.36. The molecule has 2 N–H and O–H groups in total. The SMILES string of the molecule is COCC1(CNS(=O)(=O)c2cccc3c2OCCO3)CCCN1.Cl. The van der Waals surface area contributed by atoms with Crippen LogP contribution in [0.3, 0.4) is 0 Å². The van der Waals surface area contributed by atoms with Crippen molar-refractivity contribution in [3.8, 4) is 11.5 Å². The summed E-state index contributed by atoms with van der Waals surface area (Å²) in [6.45, 7) is 2.36. The third-order valence-electron chi connectivity index (χ3n) is 4.17. The predicted molar refractivity (Wildman–Crippen MR) is 91.7 cm³/mol. The van der Waals surface area contributed by atoms with Crippen molar-refractivity contribution < 1.29 is 22.6 Å². The average molecular weight is 379 g/mol. The molecule has 1 aromatic rings. The minimum atomic E-state index is -3.70. The molecule has 1 atom stereocenters. The van der Waals surface area contributed by atoms with E-state index in [0.717, 1.165) is 19.4 Å². The zero-order chi connectivity index (χ0) is 16.3. The summed E-state index contributed by atoms with van der Waals surface area (Å²) in [7, 11) is -2.08. The Kier molecular flexibility index (Phi) is 6.33. The molecule has 1 unspecified atom stereocenters. The van der Waals surface area contributed by atoms with Gasteiger partial charge >= 0.3 is 0 Å². The van der Waals surface area contributed by atoms with E-state index in [9.17, 15) is 8.42 Å². The molecule has 2 heterocycles. The Morgan fingerprint density at radius 3 is 2.83 bits per heavy atom. The Labute approximate surface area is 148 Å². The van der Waals surface area contributed by atoms with E-state index in [1.54, 1.807) is 19.2 Å². The molecule has 136 valence electrons. The summed E-state index contributed by atoms with van der Waals surface area (Å²) in [6.07, 6.45) is 1.87. The average Bonchev–Trinajstić information content (AvgIpc) is 3.02. The fourth-order valence-corrected chi connectivity index (χ4v) is 4.32. The van der Waals surface area contributed by atoms with Gasteiger partial charge in [0.15, 0.2) is 11.5 Å². The Bertz CT molecular complexity index is 662. The van der Waals surface area contributed by atoms with E-state index in [1.165, 1.54) is 6.07 Å². The van der Waals surface area contributed by atoms with E-state index in [0.29, 0.717) is 25.6 Å². The molecular formula is C15H23ClN2O5S. The van der Waals surface area contributed by atoms with Gasteiger partial charge in [-0.05, 0) is 31.5 Å². The molecule has 24 heavy (non-hydrogen) atoms. The first-order valence-corrected chi connectivity index (χ1v) is 9.17. The number of rotatable bonds is 6. The highest BCUT2D eigenvalue weighted by Gasteiger charge is 2.35. The number of para-hydroxylation sites is 1. The summed E-state index contributed by atoms with van der Waals surface area (Å²) < 4.78 is 44.3. The molecule has 0 aliphatic carbocycles. The highest BCUT2D eigenvalue weighted by molar-refractivity contribution is 7.89. The fraction of sp³-hybridized carbons (Fsp3) is 0.600. The van der Waals surface area contributed by atoms with E-state index < -0.39 is 10.0 Å². The smallest absolute Gasteiger partial charge is 0.244 e. The summed E-state index contributed by atoms with van der Waals surface area (Å²) >= 11 is 0. The molecule has 1 aromatic carbocycles.